The van der Waals surface area contributed by atoms with Gasteiger partial charge in [-0.15, -0.1) is 10.2 Å². The van der Waals surface area contributed by atoms with Gasteiger partial charge in [0.2, 0.25) is 5.95 Å². The second-order valence-electron chi connectivity index (χ2n) is 10.6. The molecule has 1 spiro atoms. The average Bonchev–Trinajstić information content (AvgIpc) is 3.07. The number of halogens is 6. The van der Waals surface area contributed by atoms with Gasteiger partial charge in [0.15, 0.2) is 17.5 Å². The highest BCUT2D eigenvalue weighted by Crippen LogP contribution is 2.45. The Morgan fingerprint density at radius 2 is 1.65 bits per heavy atom. The third kappa shape index (κ3) is 3.83. The number of pyridine rings is 1. The Labute approximate surface area is 214 Å². The van der Waals surface area contributed by atoms with Gasteiger partial charge in [0.25, 0.3) is 0 Å². The molecule has 3 aromatic rings. The number of hydrogen-bond donors (Lipinski definition) is 0. The van der Waals surface area contributed by atoms with Gasteiger partial charge in [-0.3, -0.25) is 9.47 Å². The molecule has 2 saturated heterocycles. The summed E-state index contributed by atoms with van der Waals surface area (Å²) in [5.74, 6) is -0.351. The van der Waals surface area contributed by atoms with Crippen molar-refractivity contribution >= 4 is 23.4 Å². The lowest BCUT2D eigenvalue weighted by Gasteiger charge is -2.60. The molecule has 196 valence electrons. The first kappa shape index (κ1) is 24.4. The van der Waals surface area contributed by atoms with Crippen molar-refractivity contribution in [2.75, 3.05) is 36.0 Å². The highest BCUT2D eigenvalue weighted by atomic mass is 35.5. The molecular weight excluding hydrogens is 517 g/mol. The summed E-state index contributed by atoms with van der Waals surface area (Å²) in [4.78, 5) is 9.00. The number of aromatic nitrogens is 4. The Kier molecular flexibility index (Phi) is 5.27. The van der Waals surface area contributed by atoms with E-state index in [1.807, 2.05) is 9.47 Å². The van der Waals surface area contributed by atoms with Crippen LogP contribution in [0.1, 0.15) is 25.2 Å². The molecule has 0 aliphatic carbocycles. The van der Waals surface area contributed by atoms with E-state index in [2.05, 4.69) is 15.2 Å². The number of hydrogen-bond acceptors (Lipinski definition) is 6. The van der Waals surface area contributed by atoms with Crippen LogP contribution >= 0.6 is 11.6 Å². The van der Waals surface area contributed by atoms with Gasteiger partial charge in [-0.2, -0.15) is 13.2 Å². The van der Waals surface area contributed by atoms with Crippen molar-refractivity contribution in [1.82, 2.24) is 24.6 Å². The third-order valence-electron chi connectivity index (χ3n) is 7.65. The van der Waals surface area contributed by atoms with E-state index < -0.39 is 23.3 Å². The van der Waals surface area contributed by atoms with Crippen LogP contribution in [0.5, 0.6) is 0 Å². The minimum Gasteiger partial charge on any atom is -0.353 e. The summed E-state index contributed by atoms with van der Waals surface area (Å²) in [6, 6.07) is 5.98. The van der Waals surface area contributed by atoms with Crippen molar-refractivity contribution in [3.63, 3.8) is 0 Å². The van der Waals surface area contributed by atoms with Crippen LogP contribution in [0, 0.1) is 17.0 Å². The molecule has 3 aliphatic heterocycles. The zero-order valence-corrected chi connectivity index (χ0v) is 20.8. The molecule has 0 unspecified atom stereocenters. The lowest BCUT2D eigenvalue weighted by atomic mass is 9.73. The lowest BCUT2D eigenvalue weighted by molar-refractivity contribution is -0.224. The van der Waals surface area contributed by atoms with Crippen LogP contribution in [0.2, 0.25) is 5.02 Å². The zero-order chi connectivity index (χ0) is 26.3. The number of rotatable bonds is 3. The van der Waals surface area contributed by atoms with E-state index in [1.54, 1.807) is 23.1 Å². The summed E-state index contributed by atoms with van der Waals surface area (Å²) in [5, 5.41) is 9.07. The molecule has 1 aromatic carbocycles. The van der Waals surface area contributed by atoms with Crippen LogP contribution in [-0.4, -0.2) is 62.5 Å². The van der Waals surface area contributed by atoms with Gasteiger partial charge in [0, 0.05) is 49.2 Å². The Morgan fingerprint density at radius 3 is 2.32 bits per heavy atom. The fourth-order valence-corrected chi connectivity index (χ4v) is 5.62. The van der Waals surface area contributed by atoms with Crippen LogP contribution in [0.4, 0.5) is 33.7 Å². The van der Waals surface area contributed by atoms with Crippen molar-refractivity contribution in [2.45, 2.75) is 38.7 Å². The van der Waals surface area contributed by atoms with Crippen LogP contribution < -0.4 is 9.80 Å². The maximum absolute atomic E-state index is 14.1. The van der Waals surface area contributed by atoms with Crippen molar-refractivity contribution in [3.8, 4) is 5.69 Å². The van der Waals surface area contributed by atoms with Crippen LogP contribution in [0.15, 0.2) is 30.5 Å². The summed E-state index contributed by atoms with van der Waals surface area (Å²) in [5.41, 5.74) is -0.873. The Morgan fingerprint density at radius 1 is 0.946 bits per heavy atom. The van der Waals surface area contributed by atoms with E-state index in [0.29, 0.717) is 54.2 Å². The Bertz CT molecular complexity index is 1370. The molecule has 13 heteroatoms. The molecule has 37 heavy (non-hydrogen) atoms. The van der Waals surface area contributed by atoms with E-state index in [4.69, 9.17) is 11.6 Å². The van der Waals surface area contributed by atoms with Crippen LogP contribution in [0.25, 0.3) is 5.69 Å². The normalized spacial score (nSPS) is 19.2. The van der Waals surface area contributed by atoms with Crippen molar-refractivity contribution in [2.24, 2.45) is 5.41 Å². The largest absolute Gasteiger partial charge is 0.406 e. The predicted octanol–water partition coefficient (Wildman–Crippen LogP) is 4.58. The number of nitrogens with zero attached hydrogens (tertiary/aromatic N) is 7. The van der Waals surface area contributed by atoms with E-state index >= 15 is 0 Å². The third-order valence-corrected chi connectivity index (χ3v) is 7.88. The Hall–Kier alpha value is -2.99. The molecule has 6 rings (SSSR count). The van der Waals surface area contributed by atoms with Crippen molar-refractivity contribution < 1.29 is 22.0 Å². The van der Waals surface area contributed by atoms with E-state index in [1.165, 1.54) is 4.90 Å². The molecule has 7 nitrogen and oxygen atoms in total. The van der Waals surface area contributed by atoms with Crippen molar-refractivity contribution in [3.05, 3.63) is 58.5 Å². The van der Waals surface area contributed by atoms with Crippen molar-refractivity contribution in [1.29, 1.82) is 0 Å². The topological polar surface area (TPSA) is 53.3 Å². The van der Waals surface area contributed by atoms with Gasteiger partial charge in [0.05, 0.1) is 18.4 Å². The monoisotopic (exact) mass is 539 g/mol. The molecule has 5 heterocycles. The van der Waals surface area contributed by atoms with E-state index in [9.17, 15) is 22.0 Å². The summed E-state index contributed by atoms with van der Waals surface area (Å²) in [6.45, 7) is 4.65. The molecule has 0 bridgehead atoms. The maximum atomic E-state index is 14.1. The molecule has 3 aliphatic rings. The fraction of sp³-hybridized carbons (Fsp3) is 0.458. The second-order valence-corrected chi connectivity index (χ2v) is 11.0. The van der Waals surface area contributed by atoms with Gasteiger partial charge in [-0.1, -0.05) is 11.6 Å². The molecule has 0 radical (unpaired) electrons. The van der Waals surface area contributed by atoms with Gasteiger partial charge < -0.3 is 9.80 Å². The molecule has 0 atom stereocenters. The molecule has 2 aromatic heterocycles. The first-order valence-electron chi connectivity index (χ1n) is 11.7. The van der Waals surface area contributed by atoms with E-state index in [0.717, 1.165) is 26.1 Å². The standard InChI is InChI=1S/C24H23ClF5N7/c1-22(2,24(28,29)30)36-8-14-5-15(25)3-4-18(14)37-19(9-36)32-33-21(37)35-12-23(13-35)10-34(11-23)20-17(27)6-16(26)7-31-20/h3-7H,8-13H2,1-2H3. The molecule has 0 amide bonds. The van der Waals surface area contributed by atoms with E-state index in [-0.39, 0.29) is 24.3 Å². The smallest absolute Gasteiger partial charge is 0.353 e. The molecule has 0 saturated carbocycles. The van der Waals surface area contributed by atoms with Gasteiger partial charge in [-0.25, -0.2) is 13.8 Å². The summed E-state index contributed by atoms with van der Waals surface area (Å²) >= 11 is 6.22. The molecule has 2 fully saturated rings. The highest BCUT2D eigenvalue weighted by molar-refractivity contribution is 6.30. The highest BCUT2D eigenvalue weighted by Gasteiger charge is 2.55. The number of fused-ring (bicyclic) bond motifs is 3. The summed E-state index contributed by atoms with van der Waals surface area (Å²) < 4.78 is 71.0. The SMILES string of the molecule is CC(C)(N1Cc2cc(Cl)ccc2-n2c(nnc2N2CC3(CN(c4ncc(F)cc4F)C3)C2)C1)C(F)(F)F. The minimum absolute atomic E-state index is 0.0420. The van der Waals surface area contributed by atoms with Gasteiger partial charge in [0.1, 0.15) is 11.4 Å². The predicted molar refractivity (Wildman–Crippen MR) is 127 cm³/mol. The lowest BCUT2D eigenvalue weighted by Crippen LogP contribution is -2.73. The van der Waals surface area contributed by atoms with Gasteiger partial charge in [-0.05, 0) is 37.6 Å². The number of alkyl halides is 3. The van der Waals surface area contributed by atoms with Gasteiger partial charge >= 0.3 is 6.18 Å². The van der Waals surface area contributed by atoms with Crippen LogP contribution in [-0.2, 0) is 13.1 Å². The average molecular weight is 540 g/mol. The quantitative estimate of drug-likeness (QED) is 0.454. The summed E-state index contributed by atoms with van der Waals surface area (Å²) in [7, 11) is 0. The second kappa shape index (κ2) is 8.00. The molecular formula is C24H23ClF5N7. The summed E-state index contributed by atoms with van der Waals surface area (Å²) in [6.07, 6.45) is -3.46. The number of anilines is 2. The minimum atomic E-state index is -4.46. The number of benzene rings is 1. The molecule has 0 N–H and O–H groups in total. The zero-order valence-electron chi connectivity index (χ0n) is 20.0. The fourth-order valence-electron chi connectivity index (χ4n) is 5.42. The van der Waals surface area contributed by atoms with Crippen LogP contribution in [0.3, 0.4) is 0 Å². The maximum Gasteiger partial charge on any atom is 0.406 e. The Balaban J connectivity index is 1.27. The first-order valence-corrected chi connectivity index (χ1v) is 12.1. The first-order chi connectivity index (χ1) is 17.4.